The topological polar surface area (TPSA) is 37.4 Å². The molecule has 2 bridgehead atoms. The van der Waals surface area contributed by atoms with E-state index in [0.717, 1.165) is 4.47 Å². The van der Waals surface area contributed by atoms with Crippen molar-refractivity contribution in [3.05, 3.63) is 40.9 Å². The Morgan fingerprint density at radius 1 is 1.23 bits per heavy atom. The number of carbonyl (C=O) groups is 2. The van der Waals surface area contributed by atoms with Crippen molar-refractivity contribution in [2.24, 2.45) is 29.1 Å². The molecular weight excluding hydrogens is 342 g/mol. The zero-order chi connectivity index (χ0) is 15.5. The van der Waals surface area contributed by atoms with Gasteiger partial charge in [-0.1, -0.05) is 35.0 Å². The maximum absolute atomic E-state index is 13.0. The van der Waals surface area contributed by atoms with E-state index in [1.54, 1.807) is 12.1 Å². The number of benzene rings is 1. The zero-order valence-electron chi connectivity index (χ0n) is 12.4. The zero-order valence-corrected chi connectivity index (χ0v) is 14.0. The van der Waals surface area contributed by atoms with Crippen molar-refractivity contribution in [1.29, 1.82) is 0 Å². The fourth-order valence-corrected chi connectivity index (χ4v) is 5.03. The molecule has 0 radical (unpaired) electrons. The van der Waals surface area contributed by atoms with Gasteiger partial charge in [-0.05, 0) is 60.3 Å². The quantitative estimate of drug-likeness (QED) is 0.608. The normalized spacial score (nSPS) is 33.2. The smallest absolute Gasteiger partial charge is 0.237 e. The van der Waals surface area contributed by atoms with E-state index in [1.165, 1.54) is 17.7 Å². The standard InChI is InChI=1S/C18H18BrNO2/c1-11-14-6-7-15(18(14)8-9-18)16(11)17(22)20(10-21)13-4-2-12(19)3-5-13/h2-7,10-11,14-16H,8-9H2,1H3/t11-,14+,15+,16-/m0/s1. The summed E-state index contributed by atoms with van der Waals surface area (Å²) in [7, 11) is 0. The van der Waals surface area contributed by atoms with Crippen LogP contribution in [0.25, 0.3) is 0 Å². The van der Waals surface area contributed by atoms with Crippen LogP contribution in [0.15, 0.2) is 40.9 Å². The number of imide groups is 1. The highest BCUT2D eigenvalue weighted by Gasteiger charge is 2.67. The van der Waals surface area contributed by atoms with Gasteiger partial charge in [0.15, 0.2) is 0 Å². The molecule has 1 aromatic rings. The molecule has 0 aromatic heterocycles. The molecule has 0 unspecified atom stereocenters. The first kappa shape index (κ1) is 14.2. The molecule has 1 aromatic carbocycles. The molecule has 2 saturated carbocycles. The molecular formula is C18H18BrNO2. The summed E-state index contributed by atoms with van der Waals surface area (Å²) < 4.78 is 0.933. The number of hydrogen-bond donors (Lipinski definition) is 0. The van der Waals surface area contributed by atoms with Crippen LogP contribution in [0.3, 0.4) is 0 Å². The largest absolute Gasteiger partial charge is 0.278 e. The van der Waals surface area contributed by atoms with Crippen LogP contribution in [-0.4, -0.2) is 12.3 Å². The number of amides is 2. The molecule has 4 heteroatoms. The van der Waals surface area contributed by atoms with Crippen LogP contribution in [-0.2, 0) is 9.59 Å². The predicted molar refractivity (Wildman–Crippen MR) is 88.1 cm³/mol. The fourth-order valence-electron chi connectivity index (χ4n) is 4.76. The summed E-state index contributed by atoms with van der Waals surface area (Å²) in [4.78, 5) is 25.9. The van der Waals surface area contributed by atoms with E-state index >= 15 is 0 Å². The van der Waals surface area contributed by atoms with E-state index in [2.05, 4.69) is 35.0 Å². The lowest BCUT2D eigenvalue weighted by atomic mass is 9.83. The number of anilines is 1. The van der Waals surface area contributed by atoms with Crippen molar-refractivity contribution >= 4 is 33.9 Å². The Morgan fingerprint density at radius 2 is 1.86 bits per heavy atom. The summed E-state index contributed by atoms with van der Waals surface area (Å²) in [5, 5.41) is 0. The van der Waals surface area contributed by atoms with Gasteiger partial charge in [0.05, 0.1) is 5.69 Å². The minimum atomic E-state index is -0.0636. The lowest BCUT2D eigenvalue weighted by Crippen LogP contribution is -2.39. The van der Waals surface area contributed by atoms with Crippen molar-refractivity contribution in [2.45, 2.75) is 19.8 Å². The van der Waals surface area contributed by atoms with Gasteiger partial charge in [-0.15, -0.1) is 0 Å². The van der Waals surface area contributed by atoms with E-state index < -0.39 is 0 Å². The second kappa shape index (κ2) is 4.79. The number of allylic oxidation sites excluding steroid dienone is 2. The monoisotopic (exact) mass is 359 g/mol. The molecule has 3 nitrogen and oxygen atoms in total. The molecule has 4 rings (SSSR count). The molecule has 0 heterocycles. The third-order valence-corrected chi connectivity index (χ3v) is 6.46. The highest BCUT2D eigenvalue weighted by molar-refractivity contribution is 9.10. The number of hydrogen-bond acceptors (Lipinski definition) is 2. The van der Waals surface area contributed by atoms with Crippen LogP contribution in [0.1, 0.15) is 19.8 Å². The number of halogens is 1. The van der Waals surface area contributed by atoms with Gasteiger partial charge in [0.25, 0.3) is 0 Å². The van der Waals surface area contributed by atoms with E-state index in [9.17, 15) is 9.59 Å². The summed E-state index contributed by atoms with van der Waals surface area (Å²) in [6.07, 6.45) is 7.64. The summed E-state index contributed by atoms with van der Waals surface area (Å²) in [6.45, 7) is 2.17. The number of carbonyl (C=O) groups excluding carboxylic acids is 2. The van der Waals surface area contributed by atoms with Crippen molar-refractivity contribution in [3.63, 3.8) is 0 Å². The Hall–Kier alpha value is -1.42. The Morgan fingerprint density at radius 3 is 2.41 bits per heavy atom. The highest BCUT2D eigenvalue weighted by atomic mass is 79.9. The Labute approximate surface area is 138 Å². The van der Waals surface area contributed by atoms with E-state index in [0.29, 0.717) is 35.3 Å². The summed E-state index contributed by atoms with van der Waals surface area (Å²) in [5.41, 5.74) is 0.987. The van der Waals surface area contributed by atoms with Gasteiger partial charge < -0.3 is 0 Å². The maximum Gasteiger partial charge on any atom is 0.237 e. The summed E-state index contributed by atoms with van der Waals surface area (Å²) in [6, 6.07) is 7.31. The number of rotatable bonds is 3. The third-order valence-electron chi connectivity index (χ3n) is 5.93. The van der Waals surface area contributed by atoms with Gasteiger partial charge in [0.2, 0.25) is 12.3 Å². The van der Waals surface area contributed by atoms with Gasteiger partial charge in [-0.2, -0.15) is 0 Å². The molecule has 0 N–H and O–H groups in total. The molecule has 114 valence electrons. The van der Waals surface area contributed by atoms with Gasteiger partial charge in [-0.25, -0.2) is 0 Å². The van der Waals surface area contributed by atoms with Crippen LogP contribution in [0.2, 0.25) is 0 Å². The van der Waals surface area contributed by atoms with Crippen LogP contribution in [0.5, 0.6) is 0 Å². The van der Waals surface area contributed by atoms with Crippen LogP contribution >= 0.6 is 15.9 Å². The maximum atomic E-state index is 13.0. The molecule has 0 aliphatic heterocycles. The van der Waals surface area contributed by atoms with E-state index in [4.69, 9.17) is 0 Å². The van der Waals surface area contributed by atoms with E-state index in [-0.39, 0.29) is 11.8 Å². The summed E-state index contributed by atoms with van der Waals surface area (Å²) in [5.74, 6) is 1.05. The predicted octanol–water partition coefficient (Wildman–Crippen LogP) is 3.79. The first-order valence-electron chi connectivity index (χ1n) is 7.81. The SMILES string of the molecule is C[C@@H]1[C@H](C(=O)N(C=O)c2ccc(Br)cc2)[C@H]2C=C[C@H]1C21CC1. The lowest BCUT2D eigenvalue weighted by Gasteiger charge is -2.27. The van der Waals surface area contributed by atoms with Crippen LogP contribution in [0.4, 0.5) is 5.69 Å². The van der Waals surface area contributed by atoms with Gasteiger partial charge in [-0.3, -0.25) is 14.5 Å². The molecule has 22 heavy (non-hydrogen) atoms. The third kappa shape index (κ3) is 1.79. The second-order valence-corrected chi connectivity index (χ2v) is 7.76. The molecule has 2 fully saturated rings. The van der Waals surface area contributed by atoms with Crippen molar-refractivity contribution < 1.29 is 9.59 Å². The molecule has 0 saturated heterocycles. The molecule has 2 amide bonds. The van der Waals surface area contributed by atoms with Gasteiger partial charge in [0, 0.05) is 10.4 Å². The lowest BCUT2D eigenvalue weighted by molar-refractivity contribution is -0.126. The number of nitrogens with zero attached hydrogens (tertiary/aromatic N) is 1. The first-order valence-corrected chi connectivity index (χ1v) is 8.60. The van der Waals surface area contributed by atoms with Crippen molar-refractivity contribution in [3.8, 4) is 0 Å². The van der Waals surface area contributed by atoms with Gasteiger partial charge >= 0.3 is 0 Å². The van der Waals surface area contributed by atoms with Gasteiger partial charge in [0.1, 0.15) is 0 Å². The Bertz CT molecular complexity index is 662. The second-order valence-electron chi connectivity index (χ2n) is 6.84. The minimum Gasteiger partial charge on any atom is -0.278 e. The Balaban J connectivity index is 1.64. The van der Waals surface area contributed by atoms with Crippen LogP contribution < -0.4 is 4.90 Å². The molecule has 3 aliphatic carbocycles. The van der Waals surface area contributed by atoms with Crippen molar-refractivity contribution in [1.82, 2.24) is 0 Å². The molecule has 3 aliphatic rings. The highest BCUT2D eigenvalue weighted by Crippen LogP contribution is 2.72. The first-order chi connectivity index (χ1) is 10.6. The van der Waals surface area contributed by atoms with E-state index in [1.807, 2.05) is 12.1 Å². The van der Waals surface area contributed by atoms with Crippen molar-refractivity contribution in [2.75, 3.05) is 4.90 Å². The average Bonchev–Trinajstić information content (AvgIpc) is 3.17. The minimum absolute atomic E-state index is 0.0482. The fraction of sp³-hybridized carbons (Fsp3) is 0.444. The Kier molecular flexibility index (Phi) is 3.09. The average molecular weight is 360 g/mol. The molecule has 1 spiro atoms. The van der Waals surface area contributed by atoms with Crippen LogP contribution in [0, 0.1) is 29.1 Å². The molecule has 4 atom stereocenters. The summed E-state index contributed by atoms with van der Waals surface area (Å²) >= 11 is 3.38.